The van der Waals surface area contributed by atoms with Crippen LogP contribution in [-0.4, -0.2) is 24.5 Å². The van der Waals surface area contributed by atoms with Crippen molar-refractivity contribution in [3.05, 3.63) is 23.8 Å². The highest BCUT2D eigenvalue weighted by atomic mass is 16.5. The zero-order valence-electron chi connectivity index (χ0n) is 10.4. The quantitative estimate of drug-likeness (QED) is 0.852. The Labute approximate surface area is 106 Å². The van der Waals surface area contributed by atoms with E-state index in [1.807, 2.05) is 13.8 Å². The van der Waals surface area contributed by atoms with E-state index in [0.717, 1.165) is 6.42 Å². The zero-order chi connectivity index (χ0) is 13.1. The average Bonchev–Trinajstić information content (AvgIpc) is 2.37. The number of fused-ring (bicyclic) bond motifs is 1. The lowest BCUT2D eigenvalue weighted by Gasteiger charge is -2.21. The van der Waals surface area contributed by atoms with Crippen LogP contribution in [0.4, 0.5) is 5.69 Å². The minimum Gasteiger partial charge on any atom is -0.482 e. The van der Waals surface area contributed by atoms with Gasteiger partial charge >= 0.3 is 0 Å². The van der Waals surface area contributed by atoms with E-state index in [1.54, 1.807) is 18.2 Å². The number of hydrogen-bond donors (Lipinski definition) is 2. The summed E-state index contributed by atoms with van der Waals surface area (Å²) < 4.78 is 5.27. The van der Waals surface area contributed by atoms with Crippen LogP contribution in [0.3, 0.4) is 0 Å². The Morgan fingerprint density at radius 3 is 3.06 bits per heavy atom. The van der Waals surface area contributed by atoms with Gasteiger partial charge in [0.1, 0.15) is 5.75 Å². The molecule has 0 saturated heterocycles. The molecule has 1 aliphatic rings. The van der Waals surface area contributed by atoms with Crippen molar-refractivity contribution >= 4 is 17.5 Å². The fraction of sp³-hybridized carbons (Fsp3) is 0.385. The van der Waals surface area contributed by atoms with E-state index in [1.165, 1.54) is 0 Å². The maximum atomic E-state index is 12.1. The maximum absolute atomic E-state index is 12.1. The smallest absolute Gasteiger partial charge is 0.262 e. The molecule has 0 saturated carbocycles. The molecule has 1 aliphatic heterocycles. The summed E-state index contributed by atoms with van der Waals surface area (Å²) in [4.78, 5) is 23.4. The first-order valence-electron chi connectivity index (χ1n) is 5.98. The van der Waals surface area contributed by atoms with Crippen LogP contribution in [0.5, 0.6) is 5.75 Å². The van der Waals surface area contributed by atoms with Gasteiger partial charge in [-0.05, 0) is 25.5 Å². The van der Waals surface area contributed by atoms with E-state index in [9.17, 15) is 9.59 Å². The van der Waals surface area contributed by atoms with Gasteiger partial charge in [-0.15, -0.1) is 0 Å². The summed E-state index contributed by atoms with van der Waals surface area (Å²) >= 11 is 0. The van der Waals surface area contributed by atoms with Gasteiger partial charge in [-0.3, -0.25) is 9.59 Å². The fourth-order valence-corrected chi connectivity index (χ4v) is 1.69. The number of anilines is 1. The predicted octanol–water partition coefficient (Wildman–Crippen LogP) is 1.55. The molecule has 5 nitrogen and oxygen atoms in total. The molecule has 1 unspecified atom stereocenters. The topological polar surface area (TPSA) is 67.4 Å². The molecule has 2 amide bonds. The highest BCUT2D eigenvalue weighted by Gasteiger charge is 2.22. The molecule has 96 valence electrons. The third-order valence-electron chi connectivity index (χ3n) is 2.88. The second kappa shape index (κ2) is 5.08. The molecule has 2 N–H and O–H groups in total. The van der Waals surface area contributed by atoms with Gasteiger partial charge in [-0.2, -0.15) is 0 Å². The average molecular weight is 248 g/mol. The van der Waals surface area contributed by atoms with Gasteiger partial charge in [0.15, 0.2) is 6.61 Å². The highest BCUT2D eigenvalue weighted by Crippen LogP contribution is 2.31. The molecule has 0 bridgehead atoms. The van der Waals surface area contributed by atoms with Crippen molar-refractivity contribution in [1.82, 2.24) is 5.32 Å². The van der Waals surface area contributed by atoms with Gasteiger partial charge in [0.05, 0.1) is 11.3 Å². The minimum atomic E-state index is -0.244. The first-order chi connectivity index (χ1) is 8.61. The van der Waals surface area contributed by atoms with Crippen LogP contribution in [0.2, 0.25) is 0 Å². The van der Waals surface area contributed by atoms with Crippen LogP contribution in [-0.2, 0) is 4.79 Å². The van der Waals surface area contributed by atoms with Gasteiger partial charge in [0, 0.05) is 6.04 Å². The van der Waals surface area contributed by atoms with Crippen molar-refractivity contribution in [3.8, 4) is 5.75 Å². The van der Waals surface area contributed by atoms with Gasteiger partial charge in [-0.25, -0.2) is 0 Å². The van der Waals surface area contributed by atoms with Crippen molar-refractivity contribution in [1.29, 1.82) is 0 Å². The molecule has 0 radical (unpaired) electrons. The second-order valence-electron chi connectivity index (χ2n) is 4.30. The van der Waals surface area contributed by atoms with Crippen molar-refractivity contribution in [3.63, 3.8) is 0 Å². The normalized spacial score (nSPS) is 15.1. The molecule has 1 heterocycles. The van der Waals surface area contributed by atoms with Crippen molar-refractivity contribution in [2.45, 2.75) is 26.3 Å². The molecule has 1 aromatic rings. The lowest BCUT2D eigenvalue weighted by atomic mass is 10.1. The number of rotatable bonds is 3. The van der Waals surface area contributed by atoms with Crippen LogP contribution in [0.1, 0.15) is 30.6 Å². The van der Waals surface area contributed by atoms with E-state index in [-0.39, 0.29) is 24.5 Å². The first kappa shape index (κ1) is 12.4. The number of ether oxygens (including phenoxy) is 1. The molecule has 1 atom stereocenters. The van der Waals surface area contributed by atoms with Gasteiger partial charge in [0.2, 0.25) is 0 Å². The van der Waals surface area contributed by atoms with Gasteiger partial charge in [0.25, 0.3) is 11.8 Å². The first-order valence-corrected chi connectivity index (χ1v) is 5.98. The summed E-state index contributed by atoms with van der Waals surface area (Å²) in [5.41, 5.74) is 0.885. The number of benzene rings is 1. The molecular formula is C13H16N2O3. The summed E-state index contributed by atoms with van der Waals surface area (Å²) in [5.74, 6) is 0.0877. The Kier molecular flexibility index (Phi) is 3.50. The van der Waals surface area contributed by atoms with Crippen LogP contribution in [0.25, 0.3) is 0 Å². The van der Waals surface area contributed by atoms with Crippen LogP contribution >= 0.6 is 0 Å². The number of carbonyl (C=O) groups excluding carboxylic acids is 2. The highest BCUT2D eigenvalue weighted by molar-refractivity contribution is 6.06. The standard InChI is InChI=1S/C13H16N2O3/c1-3-8(2)14-13(17)9-5-4-6-10-12(9)15-11(16)7-18-10/h4-6,8H,3,7H2,1-2H3,(H,14,17)(H,15,16). The molecule has 5 heteroatoms. The number of nitrogens with one attached hydrogen (secondary N) is 2. The van der Waals surface area contributed by atoms with Crippen LogP contribution in [0.15, 0.2) is 18.2 Å². The molecule has 0 aliphatic carbocycles. The van der Waals surface area contributed by atoms with Crippen LogP contribution in [0, 0.1) is 0 Å². The third-order valence-corrected chi connectivity index (χ3v) is 2.88. The molecule has 0 fully saturated rings. The van der Waals surface area contributed by atoms with Gasteiger partial charge < -0.3 is 15.4 Å². The molecule has 1 aromatic carbocycles. The maximum Gasteiger partial charge on any atom is 0.262 e. The van der Waals surface area contributed by atoms with E-state index < -0.39 is 0 Å². The van der Waals surface area contributed by atoms with E-state index in [2.05, 4.69) is 10.6 Å². The summed E-state index contributed by atoms with van der Waals surface area (Å²) in [5, 5.41) is 5.54. The summed E-state index contributed by atoms with van der Waals surface area (Å²) in [6, 6.07) is 5.23. The van der Waals surface area contributed by atoms with Crippen LogP contribution < -0.4 is 15.4 Å². The molecule has 0 aromatic heterocycles. The predicted molar refractivity (Wildman–Crippen MR) is 67.8 cm³/mol. The Morgan fingerprint density at radius 1 is 1.56 bits per heavy atom. The fourth-order valence-electron chi connectivity index (χ4n) is 1.69. The Hall–Kier alpha value is -2.04. The number of hydrogen-bond acceptors (Lipinski definition) is 3. The summed E-state index contributed by atoms with van der Waals surface area (Å²) in [6.07, 6.45) is 0.851. The Bertz CT molecular complexity index is 485. The summed E-state index contributed by atoms with van der Waals surface area (Å²) in [7, 11) is 0. The lowest BCUT2D eigenvalue weighted by Crippen LogP contribution is -2.34. The summed E-state index contributed by atoms with van der Waals surface area (Å²) in [6.45, 7) is 3.92. The molecular weight excluding hydrogens is 232 g/mol. The van der Waals surface area contributed by atoms with E-state index >= 15 is 0 Å². The monoisotopic (exact) mass is 248 g/mol. The Morgan fingerprint density at radius 2 is 2.33 bits per heavy atom. The van der Waals surface area contributed by atoms with E-state index in [0.29, 0.717) is 17.0 Å². The Balaban J connectivity index is 2.28. The molecule has 2 rings (SSSR count). The third kappa shape index (κ3) is 2.45. The SMILES string of the molecule is CCC(C)NC(=O)c1cccc2c1NC(=O)CO2. The number of para-hydroxylation sites is 1. The lowest BCUT2D eigenvalue weighted by molar-refractivity contribution is -0.118. The van der Waals surface area contributed by atoms with E-state index in [4.69, 9.17) is 4.74 Å². The molecule has 0 spiro atoms. The second-order valence-corrected chi connectivity index (χ2v) is 4.30. The number of carbonyl (C=O) groups is 2. The van der Waals surface area contributed by atoms with Crippen molar-refractivity contribution < 1.29 is 14.3 Å². The largest absolute Gasteiger partial charge is 0.482 e. The van der Waals surface area contributed by atoms with Crippen molar-refractivity contribution in [2.24, 2.45) is 0 Å². The number of amides is 2. The molecule has 18 heavy (non-hydrogen) atoms. The van der Waals surface area contributed by atoms with Gasteiger partial charge in [-0.1, -0.05) is 13.0 Å². The minimum absolute atomic E-state index is 0.0105. The van der Waals surface area contributed by atoms with Crippen molar-refractivity contribution in [2.75, 3.05) is 11.9 Å². The zero-order valence-corrected chi connectivity index (χ0v) is 10.4.